The fourth-order valence-electron chi connectivity index (χ4n) is 2.78. The highest BCUT2D eigenvalue weighted by Gasteiger charge is 2.13. The molecule has 3 rings (SSSR count). The first-order chi connectivity index (χ1) is 12.5. The van der Waals surface area contributed by atoms with Crippen LogP contribution in [0.5, 0.6) is 0 Å². The highest BCUT2D eigenvalue weighted by atomic mass is 32.1. The number of carbonyl (C=O) groups is 1. The van der Waals surface area contributed by atoms with Crippen molar-refractivity contribution < 1.29 is 4.79 Å². The van der Waals surface area contributed by atoms with Crippen LogP contribution in [-0.2, 0) is 11.3 Å². The van der Waals surface area contributed by atoms with Gasteiger partial charge in [-0.3, -0.25) is 14.5 Å². The first kappa shape index (κ1) is 18.3. The molecule has 2 aromatic heterocycles. The molecule has 0 saturated carbocycles. The van der Waals surface area contributed by atoms with Gasteiger partial charge in [0.1, 0.15) is 10.5 Å². The zero-order valence-electron chi connectivity index (χ0n) is 14.9. The molecule has 0 spiro atoms. The van der Waals surface area contributed by atoms with E-state index in [0.29, 0.717) is 22.6 Å². The first-order valence-electron chi connectivity index (χ1n) is 8.60. The van der Waals surface area contributed by atoms with Crippen LogP contribution in [0.25, 0.3) is 10.2 Å². The minimum absolute atomic E-state index is 0.0822. The van der Waals surface area contributed by atoms with Crippen LogP contribution in [0.2, 0.25) is 0 Å². The number of rotatable bonds is 7. The Morgan fingerprint density at radius 3 is 2.77 bits per heavy atom. The van der Waals surface area contributed by atoms with Gasteiger partial charge in [0.15, 0.2) is 0 Å². The summed E-state index contributed by atoms with van der Waals surface area (Å²) in [7, 11) is 0. The number of fused-ring (bicyclic) bond motifs is 1. The molecule has 2 N–H and O–H groups in total. The number of thiophene rings is 1. The summed E-state index contributed by atoms with van der Waals surface area (Å²) in [6, 6.07) is 9.54. The molecule has 0 aliphatic carbocycles. The van der Waals surface area contributed by atoms with Gasteiger partial charge in [-0.05, 0) is 43.5 Å². The molecule has 0 fully saturated rings. The molecular weight excluding hydrogens is 348 g/mol. The van der Waals surface area contributed by atoms with E-state index in [1.807, 2.05) is 47.5 Å². The molecule has 3 aromatic rings. The second kappa shape index (κ2) is 8.25. The number of aryl methyl sites for hydroxylation is 1. The maximum Gasteiger partial charge on any atom is 0.268 e. The summed E-state index contributed by atoms with van der Waals surface area (Å²) in [4.78, 5) is 33.8. The largest absolute Gasteiger partial charge is 0.325 e. The molecule has 0 radical (unpaired) electrons. The van der Waals surface area contributed by atoms with Gasteiger partial charge < -0.3 is 10.3 Å². The molecule has 0 atom stereocenters. The standard InChI is InChI=1S/C19H22N4O2S/c1-3-9-23(12-17(24)20-14-6-4-13(2)5-7-14)11-16-21-15-8-10-26-18(15)19(25)22-16/h4-8,10H,3,9,11-12H2,1-2H3,(H,20,24)(H,21,22,25). The van der Waals surface area contributed by atoms with Crippen LogP contribution >= 0.6 is 11.3 Å². The Labute approximate surface area is 155 Å². The van der Waals surface area contributed by atoms with Gasteiger partial charge in [-0.2, -0.15) is 0 Å². The number of aromatic amines is 1. The van der Waals surface area contributed by atoms with Crippen molar-refractivity contribution in [3.63, 3.8) is 0 Å². The molecule has 7 heteroatoms. The number of amides is 1. The van der Waals surface area contributed by atoms with Gasteiger partial charge in [0.25, 0.3) is 5.56 Å². The molecule has 1 aromatic carbocycles. The van der Waals surface area contributed by atoms with Crippen molar-refractivity contribution in [3.8, 4) is 0 Å². The smallest absolute Gasteiger partial charge is 0.268 e. The second-order valence-corrected chi connectivity index (χ2v) is 7.19. The monoisotopic (exact) mass is 370 g/mol. The van der Waals surface area contributed by atoms with Crippen molar-refractivity contribution in [2.45, 2.75) is 26.8 Å². The predicted octanol–water partition coefficient (Wildman–Crippen LogP) is 3.14. The average Bonchev–Trinajstić information content (AvgIpc) is 3.06. The van der Waals surface area contributed by atoms with Crippen molar-refractivity contribution in [1.82, 2.24) is 14.9 Å². The number of hydrogen-bond acceptors (Lipinski definition) is 5. The lowest BCUT2D eigenvalue weighted by Gasteiger charge is -2.20. The fourth-order valence-corrected chi connectivity index (χ4v) is 3.50. The van der Waals surface area contributed by atoms with Gasteiger partial charge in [0.05, 0.1) is 18.6 Å². The third-order valence-electron chi connectivity index (χ3n) is 3.98. The molecule has 0 bridgehead atoms. The van der Waals surface area contributed by atoms with E-state index < -0.39 is 0 Å². The average molecular weight is 370 g/mol. The van der Waals surface area contributed by atoms with Crippen LogP contribution in [0.15, 0.2) is 40.5 Å². The van der Waals surface area contributed by atoms with Crippen molar-refractivity contribution in [1.29, 1.82) is 0 Å². The molecule has 0 aliphatic heterocycles. The van der Waals surface area contributed by atoms with Crippen LogP contribution < -0.4 is 10.9 Å². The summed E-state index contributed by atoms with van der Waals surface area (Å²) in [5.41, 5.74) is 2.51. The second-order valence-electron chi connectivity index (χ2n) is 6.27. The summed E-state index contributed by atoms with van der Waals surface area (Å²) in [6.45, 7) is 5.48. The number of hydrogen-bond donors (Lipinski definition) is 2. The minimum Gasteiger partial charge on any atom is -0.325 e. The van der Waals surface area contributed by atoms with Gasteiger partial charge in [0.2, 0.25) is 5.91 Å². The molecule has 0 unspecified atom stereocenters. The molecule has 6 nitrogen and oxygen atoms in total. The van der Waals surface area contributed by atoms with E-state index in [2.05, 4.69) is 22.2 Å². The maximum atomic E-state index is 12.4. The molecule has 26 heavy (non-hydrogen) atoms. The first-order valence-corrected chi connectivity index (χ1v) is 9.48. The van der Waals surface area contributed by atoms with Gasteiger partial charge in [-0.1, -0.05) is 24.6 Å². The summed E-state index contributed by atoms with van der Waals surface area (Å²) >= 11 is 1.38. The summed E-state index contributed by atoms with van der Waals surface area (Å²) in [5, 5.41) is 4.77. The van der Waals surface area contributed by atoms with E-state index in [0.717, 1.165) is 24.2 Å². The number of anilines is 1. The fraction of sp³-hybridized carbons (Fsp3) is 0.316. The number of nitrogens with one attached hydrogen (secondary N) is 2. The topological polar surface area (TPSA) is 78.1 Å². The molecule has 0 aliphatic rings. The normalized spacial score (nSPS) is 11.2. The lowest BCUT2D eigenvalue weighted by molar-refractivity contribution is -0.117. The number of aromatic nitrogens is 2. The third kappa shape index (κ3) is 4.56. The van der Waals surface area contributed by atoms with E-state index in [9.17, 15) is 9.59 Å². The van der Waals surface area contributed by atoms with Crippen LogP contribution in [0.1, 0.15) is 24.7 Å². The predicted molar refractivity (Wildman–Crippen MR) is 106 cm³/mol. The Bertz CT molecular complexity index is 946. The van der Waals surface area contributed by atoms with Crippen LogP contribution in [-0.4, -0.2) is 33.9 Å². The summed E-state index contributed by atoms with van der Waals surface area (Å²) < 4.78 is 0.632. The Hall–Kier alpha value is -2.51. The highest BCUT2D eigenvalue weighted by molar-refractivity contribution is 7.17. The van der Waals surface area contributed by atoms with Crippen molar-refractivity contribution in [2.24, 2.45) is 0 Å². The van der Waals surface area contributed by atoms with E-state index in [-0.39, 0.29) is 18.0 Å². The lowest BCUT2D eigenvalue weighted by atomic mass is 10.2. The molecule has 1 amide bonds. The van der Waals surface area contributed by atoms with Gasteiger partial charge >= 0.3 is 0 Å². The Morgan fingerprint density at radius 2 is 2.04 bits per heavy atom. The maximum absolute atomic E-state index is 12.4. The molecule has 0 saturated heterocycles. The van der Waals surface area contributed by atoms with Crippen LogP contribution in [0.3, 0.4) is 0 Å². The summed E-state index contributed by atoms with van der Waals surface area (Å²) in [5.74, 6) is 0.499. The zero-order valence-corrected chi connectivity index (χ0v) is 15.7. The quantitative estimate of drug-likeness (QED) is 0.670. The summed E-state index contributed by atoms with van der Waals surface area (Å²) in [6.07, 6.45) is 0.905. The third-order valence-corrected chi connectivity index (χ3v) is 4.88. The van der Waals surface area contributed by atoms with Crippen molar-refractivity contribution in [3.05, 3.63) is 57.5 Å². The highest BCUT2D eigenvalue weighted by Crippen LogP contribution is 2.14. The van der Waals surface area contributed by atoms with E-state index >= 15 is 0 Å². The molecular formula is C19H22N4O2S. The van der Waals surface area contributed by atoms with Crippen molar-refractivity contribution >= 4 is 33.1 Å². The van der Waals surface area contributed by atoms with E-state index in [4.69, 9.17) is 0 Å². The SMILES string of the molecule is CCCN(CC(=O)Nc1ccc(C)cc1)Cc1nc2ccsc2c(=O)[nH]1. The van der Waals surface area contributed by atoms with Crippen molar-refractivity contribution in [2.75, 3.05) is 18.4 Å². The van der Waals surface area contributed by atoms with Gasteiger partial charge in [0, 0.05) is 5.69 Å². The lowest BCUT2D eigenvalue weighted by Crippen LogP contribution is -2.34. The van der Waals surface area contributed by atoms with Gasteiger partial charge in [-0.15, -0.1) is 11.3 Å². The minimum atomic E-state index is -0.124. The van der Waals surface area contributed by atoms with E-state index in [1.165, 1.54) is 11.3 Å². The molecule has 2 heterocycles. The number of carbonyl (C=O) groups excluding carboxylic acids is 1. The van der Waals surface area contributed by atoms with Crippen LogP contribution in [0.4, 0.5) is 5.69 Å². The number of H-pyrrole nitrogens is 1. The number of nitrogens with zero attached hydrogens (tertiary/aromatic N) is 2. The van der Waals surface area contributed by atoms with Gasteiger partial charge in [-0.25, -0.2) is 4.98 Å². The number of benzene rings is 1. The zero-order chi connectivity index (χ0) is 18.5. The Morgan fingerprint density at radius 1 is 1.27 bits per heavy atom. The molecule has 136 valence electrons. The Kier molecular flexibility index (Phi) is 5.80. The van der Waals surface area contributed by atoms with Crippen LogP contribution in [0, 0.1) is 6.92 Å². The Balaban J connectivity index is 1.68. The van der Waals surface area contributed by atoms with E-state index in [1.54, 1.807) is 0 Å².